The third-order valence-corrected chi connectivity index (χ3v) is 6.02. The minimum absolute atomic E-state index is 0.0493. The molecule has 2 N–H and O–H groups in total. The fourth-order valence-electron chi connectivity index (χ4n) is 3.49. The first-order chi connectivity index (χ1) is 14.9. The van der Waals surface area contributed by atoms with Gasteiger partial charge in [0.1, 0.15) is 17.0 Å². The number of benzene rings is 2. The zero-order chi connectivity index (χ0) is 22.1. The van der Waals surface area contributed by atoms with Crippen LogP contribution in [0.25, 0.3) is 21.3 Å². The smallest absolute Gasteiger partial charge is 0.337 e. The predicted octanol–water partition coefficient (Wildman–Crippen LogP) is 5.43. The molecule has 31 heavy (non-hydrogen) atoms. The van der Waals surface area contributed by atoms with Crippen LogP contribution in [0.1, 0.15) is 20.8 Å². The summed E-state index contributed by atoms with van der Waals surface area (Å²) >= 11 is 1.57. The summed E-state index contributed by atoms with van der Waals surface area (Å²) < 4.78 is 10.6. The summed E-state index contributed by atoms with van der Waals surface area (Å²) in [7, 11) is 2.97. The molecular weight excluding hydrogens is 414 g/mol. The van der Waals surface area contributed by atoms with E-state index in [-0.39, 0.29) is 5.56 Å². The largest absolute Gasteiger partial charge is 0.493 e. The molecule has 2 aromatic heterocycles. The zero-order valence-corrected chi connectivity index (χ0v) is 18.3. The standard InChI is InChI=1S/C23H21N3O4S/c1-12-5-7-14(8-6-12)19-13(2)31-22-20(19)21(24-11-25-22)26-16-10-18(30-4)17(29-3)9-15(16)23(27)28/h5-11H,1-4H3,(H,27,28)(H,24,25,26). The molecule has 0 radical (unpaired) electrons. The van der Waals surface area contributed by atoms with Crippen LogP contribution in [0.3, 0.4) is 0 Å². The Morgan fingerprint density at radius 2 is 1.71 bits per heavy atom. The molecule has 4 aromatic rings. The van der Waals surface area contributed by atoms with Crippen molar-refractivity contribution in [1.82, 2.24) is 9.97 Å². The second-order valence-corrected chi connectivity index (χ2v) is 8.19. The molecule has 4 rings (SSSR count). The molecule has 0 aliphatic carbocycles. The van der Waals surface area contributed by atoms with Crippen molar-refractivity contribution in [3.63, 3.8) is 0 Å². The topological polar surface area (TPSA) is 93.6 Å². The number of rotatable bonds is 6. The van der Waals surface area contributed by atoms with Crippen LogP contribution in [0, 0.1) is 13.8 Å². The maximum atomic E-state index is 11.9. The van der Waals surface area contributed by atoms with Crippen molar-refractivity contribution >= 4 is 39.0 Å². The molecule has 2 heterocycles. The molecular formula is C23H21N3O4S. The van der Waals surface area contributed by atoms with Gasteiger partial charge >= 0.3 is 5.97 Å². The van der Waals surface area contributed by atoms with E-state index in [9.17, 15) is 9.90 Å². The normalized spacial score (nSPS) is 10.8. The highest BCUT2D eigenvalue weighted by Gasteiger charge is 2.20. The van der Waals surface area contributed by atoms with Crippen molar-refractivity contribution in [2.45, 2.75) is 13.8 Å². The SMILES string of the molecule is COc1cc(Nc2ncnc3sc(C)c(-c4ccc(C)cc4)c23)c(C(=O)O)cc1OC. The molecule has 8 heteroatoms. The quantitative estimate of drug-likeness (QED) is 0.417. The Hall–Kier alpha value is -3.65. The average Bonchev–Trinajstić information content (AvgIpc) is 3.10. The van der Waals surface area contributed by atoms with Gasteiger partial charge in [-0.2, -0.15) is 0 Å². The van der Waals surface area contributed by atoms with E-state index in [2.05, 4.69) is 39.6 Å². The van der Waals surface area contributed by atoms with E-state index in [1.165, 1.54) is 32.2 Å². The van der Waals surface area contributed by atoms with Crippen LogP contribution in [0.2, 0.25) is 0 Å². The van der Waals surface area contributed by atoms with E-state index < -0.39 is 5.97 Å². The van der Waals surface area contributed by atoms with E-state index >= 15 is 0 Å². The third kappa shape index (κ3) is 3.77. The summed E-state index contributed by atoms with van der Waals surface area (Å²) in [6.07, 6.45) is 1.47. The van der Waals surface area contributed by atoms with Gasteiger partial charge in [-0.15, -0.1) is 11.3 Å². The highest BCUT2D eigenvalue weighted by atomic mass is 32.1. The van der Waals surface area contributed by atoms with Crippen molar-refractivity contribution in [3.05, 3.63) is 58.7 Å². The molecule has 0 unspecified atom stereocenters. The van der Waals surface area contributed by atoms with Gasteiger partial charge in [-0.25, -0.2) is 14.8 Å². The Balaban J connectivity index is 1.90. The van der Waals surface area contributed by atoms with Crippen LogP contribution < -0.4 is 14.8 Å². The van der Waals surface area contributed by atoms with Gasteiger partial charge in [0.15, 0.2) is 11.5 Å². The van der Waals surface area contributed by atoms with Crippen molar-refractivity contribution in [2.75, 3.05) is 19.5 Å². The Morgan fingerprint density at radius 1 is 1.03 bits per heavy atom. The minimum Gasteiger partial charge on any atom is -0.493 e. The number of hydrogen-bond acceptors (Lipinski definition) is 7. The van der Waals surface area contributed by atoms with Crippen molar-refractivity contribution in [3.8, 4) is 22.6 Å². The summed E-state index contributed by atoms with van der Waals surface area (Å²) in [5.41, 5.74) is 3.66. The highest BCUT2D eigenvalue weighted by Crippen LogP contribution is 2.42. The van der Waals surface area contributed by atoms with Gasteiger partial charge in [0.05, 0.1) is 30.9 Å². The fourth-order valence-corrected chi connectivity index (χ4v) is 4.51. The van der Waals surface area contributed by atoms with Crippen LogP contribution in [-0.2, 0) is 0 Å². The predicted molar refractivity (Wildman–Crippen MR) is 122 cm³/mol. The van der Waals surface area contributed by atoms with Gasteiger partial charge in [0.2, 0.25) is 0 Å². The van der Waals surface area contributed by atoms with E-state index in [0.717, 1.165) is 26.2 Å². The number of methoxy groups -OCH3 is 2. The molecule has 0 saturated carbocycles. The second kappa shape index (κ2) is 8.23. The molecule has 7 nitrogen and oxygen atoms in total. The Kier molecular flexibility index (Phi) is 5.48. The maximum absolute atomic E-state index is 11.9. The number of aromatic carboxylic acids is 1. The molecule has 0 fully saturated rings. The van der Waals surface area contributed by atoms with Gasteiger partial charge in [-0.3, -0.25) is 0 Å². The van der Waals surface area contributed by atoms with Crippen LogP contribution in [0.15, 0.2) is 42.7 Å². The lowest BCUT2D eigenvalue weighted by atomic mass is 10.0. The number of aryl methyl sites for hydroxylation is 2. The van der Waals surface area contributed by atoms with E-state index in [1.54, 1.807) is 17.4 Å². The third-order valence-electron chi connectivity index (χ3n) is 5.01. The van der Waals surface area contributed by atoms with Crippen molar-refractivity contribution in [1.29, 1.82) is 0 Å². The molecule has 0 amide bonds. The van der Waals surface area contributed by atoms with Gasteiger partial charge in [0, 0.05) is 22.6 Å². The lowest BCUT2D eigenvalue weighted by Crippen LogP contribution is -2.06. The molecule has 0 aliphatic heterocycles. The Bertz CT molecular complexity index is 1280. The van der Waals surface area contributed by atoms with E-state index in [1.807, 2.05) is 13.8 Å². The van der Waals surface area contributed by atoms with E-state index in [0.29, 0.717) is 23.0 Å². The van der Waals surface area contributed by atoms with Gasteiger partial charge < -0.3 is 19.9 Å². The highest BCUT2D eigenvalue weighted by molar-refractivity contribution is 7.19. The summed E-state index contributed by atoms with van der Waals surface area (Å²) in [4.78, 5) is 22.7. The lowest BCUT2D eigenvalue weighted by molar-refractivity contribution is 0.0697. The number of carboxylic acid groups (broad SMARTS) is 1. The monoisotopic (exact) mass is 435 g/mol. The van der Waals surface area contributed by atoms with Gasteiger partial charge in [-0.1, -0.05) is 29.8 Å². The maximum Gasteiger partial charge on any atom is 0.337 e. The summed E-state index contributed by atoms with van der Waals surface area (Å²) in [6.45, 7) is 4.09. The molecule has 158 valence electrons. The number of thiophene rings is 1. The van der Waals surface area contributed by atoms with E-state index in [4.69, 9.17) is 9.47 Å². The van der Waals surface area contributed by atoms with Crippen molar-refractivity contribution in [2.24, 2.45) is 0 Å². The van der Waals surface area contributed by atoms with Gasteiger partial charge in [0.25, 0.3) is 0 Å². The molecule has 0 saturated heterocycles. The van der Waals surface area contributed by atoms with Crippen molar-refractivity contribution < 1.29 is 19.4 Å². The number of carboxylic acids is 1. The Morgan fingerprint density at radius 3 is 2.35 bits per heavy atom. The second-order valence-electron chi connectivity index (χ2n) is 6.98. The minimum atomic E-state index is -1.09. The number of carbonyl (C=O) groups is 1. The van der Waals surface area contributed by atoms with Gasteiger partial charge in [-0.05, 0) is 19.4 Å². The number of ether oxygens (including phenoxy) is 2. The summed E-state index contributed by atoms with van der Waals surface area (Å²) in [6, 6.07) is 11.3. The van der Waals surface area contributed by atoms with Crippen LogP contribution in [0.5, 0.6) is 11.5 Å². The van der Waals surface area contributed by atoms with Crippen LogP contribution in [-0.4, -0.2) is 35.3 Å². The fraction of sp³-hybridized carbons (Fsp3) is 0.174. The molecule has 0 atom stereocenters. The molecule has 0 bridgehead atoms. The van der Waals surface area contributed by atoms with Crippen LogP contribution in [0.4, 0.5) is 11.5 Å². The zero-order valence-electron chi connectivity index (χ0n) is 17.5. The molecule has 0 aliphatic rings. The Labute approximate surface area is 183 Å². The average molecular weight is 436 g/mol. The first-order valence-corrected chi connectivity index (χ1v) is 10.3. The lowest BCUT2D eigenvalue weighted by Gasteiger charge is -2.15. The molecule has 0 spiro atoms. The number of aromatic nitrogens is 2. The number of nitrogens with one attached hydrogen (secondary N) is 1. The molecule has 2 aromatic carbocycles. The number of hydrogen-bond donors (Lipinski definition) is 2. The summed E-state index contributed by atoms with van der Waals surface area (Å²) in [5, 5.41) is 13.8. The first-order valence-electron chi connectivity index (χ1n) is 9.50. The number of fused-ring (bicyclic) bond motifs is 1. The number of anilines is 2. The van der Waals surface area contributed by atoms with Crippen LogP contribution >= 0.6 is 11.3 Å². The first kappa shape index (κ1) is 20.6. The number of nitrogens with zero attached hydrogens (tertiary/aromatic N) is 2. The summed E-state index contributed by atoms with van der Waals surface area (Å²) in [5.74, 6) is 0.194.